The molecule has 6 heteroatoms. The fourth-order valence-corrected chi connectivity index (χ4v) is 1.78. The fraction of sp³-hybridized carbons (Fsp3) is 0.250. The predicted octanol–water partition coefficient (Wildman–Crippen LogP) is 1.44. The largest absolute Gasteiger partial charge is 0.352 e. The maximum Gasteiger partial charge on any atom is 0.252 e. The van der Waals surface area contributed by atoms with E-state index in [1.165, 1.54) is 6.20 Å². The monoisotopic (exact) mass is 264 g/mol. The van der Waals surface area contributed by atoms with Crippen LogP contribution in [0.5, 0.6) is 0 Å². The van der Waals surface area contributed by atoms with Crippen LogP contribution >= 0.6 is 11.6 Å². The molecule has 18 heavy (non-hydrogen) atoms. The van der Waals surface area contributed by atoms with Gasteiger partial charge in [0.1, 0.15) is 0 Å². The highest BCUT2D eigenvalue weighted by Crippen LogP contribution is 2.12. The first-order valence-corrected chi connectivity index (χ1v) is 5.90. The topological polar surface area (TPSA) is 59.8 Å². The van der Waals surface area contributed by atoms with Crippen molar-refractivity contribution >= 4 is 17.5 Å². The van der Waals surface area contributed by atoms with Crippen LogP contribution < -0.4 is 5.32 Å². The summed E-state index contributed by atoms with van der Waals surface area (Å²) in [6.07, 6.45) is 7.44. The third-order valence-corrected chi connectivity index (χ3v) is 2.78. The maximum absolute atomic E-state index is 11.8. The van der Waals surface area contributed by atoms with E-state index in [-0.39, 0.29) is 5.91 Å². The lowest BCUT2D eigenvalue weighted by Gasteiger charge is -2.05. The molecule has 0 spiro atoms. The van der Waals surface area contributed by atoms with E-state index in [0.29, 0.717) is 17.1 Å². The second kappa shape index (κ2) is 5.64. The van der Waals surface area contributed by atoms with Crippen LogP contribution in [0.25, 0.3) is 0 Å². The number of hydrogen-bond donors (Lipinski definition) is 1. The molecule has 0 aliphatic carbocycles. The highest BCUT2D eigenvalue weighted by molar-refractivity contribution is 6.33. The van der Waals surface area contributed by atoms with E-state index in [1.54, 1.807) is 23.1 Å². The van der Waals surface area contributed by atoms with E-state index < -0.39 is 0 Å². The molecule has 2 rings (SSSR count). The number of halogens is 1. The highest BCUT2D eigenvalue weighted by atomic mass is 35.5. The molecule has 0 atom stereocenters. The molecule has 2 aromatic rings. The van der Waals surface area contributed by atoms with Gasteiger partial charge in [-0.2, -0.15) is 5.10 Å². The van der Waals surface area contributed by atoms with E-state index >= 15 is 0 Å². The van der Waals surface area contributed by atoms with Crippen LogP contribution in [0.3, 0.4) is 0 Å². The molecule has 0 aliphatic rings. The molecule has 0 unspecified atom stereocenters. The zero-order valence-corrected chi connectivity index (χ0v) is 10.7. The zero-order chi connectivity index (χ0) is 13.0. The molecular weight excluding hydrogens is 252 g/mol. The van der Waals surface area contributed by atoms with Gasteiger partial charge in [-0.15, -0.1) is 0 Å². The van der Waals surface area contributed by atoms with Gasteiger partial charge in [-0.3, -0.25) is 14.5 Å². The van der Waals surface area contributed by atoms with Crippen LogP contribution in [0.1, 0.15) is 15.9 Å². The average molecular weight is 265 g/mol. The molecular formula is C12H13ClN4O. The molecule has 0 fully saturated rings. The number of carbonyl (C=O) groups is 1. The Morgan fingerprint density at radius 2 is 2.33 bits per heavy atom. The van der Waals surface area contributed by atoms with Crippen molar-refractivity contribution in [2.24, 2.45) is 7.05 Å². The number of aromatic nitrogens is 3. The quantitative estimate of drug-likeness (QED) is 0.909. The summed E-state index contributed by atoms with van der Waals surface area (Å²) in [4.78, 5) is 15.7. The van der Waals surface area contributed by atoms with Gasteiger partial charge in [0.25, 0.3) is 5.91 Å². The Morgan fingerprint density at radius 3 is 3.00 bits per heavy atom. The van der Waals surface area contributed by atoms with E-state index in [2.05, 4.69) is 15.4 Å². The Bertz CT molecular complexity index is 553. The van der Waals surface area contributed by atoms with Crippen LogP contribution in [0.2, 0.25) is 5.02 Å². The van der Waals surface area contributed by atoms with Gasteiger partial charge in [0.05, 0.1) is 16.8 Å². The minimum Gasteiger partial charge on any atom is -0.352 e. The lowest BCUT2D eigenvalue weighted by atomic mass is 10.2. The summed E-state index contributed by atoms with van der Waals surface area (Å²) < 4.78 is 1.73. The van der Waals surface area contributed by atoms with Crippen LogP contribution in [-0.2, 0) is 13.5 Å². The average Bonchev–Trinajstić information content (AvgIpc) is 2.75. The number of hydrogen-bond acceptors (Lipinski definition) is 3. The van der Waals surface area contributed by atoms with Gasteiger partial charge in [0, 0.05) is 32.2 Å². The van der Waals surface area contributed by atoms with Gasteiger partial charge in [-0.05, 0) is 18.1 Å². The molecule has 2 aromatic heterocycles. The number of aryl methyl sites for hydroxylation is 1. The molecule has 0 radical (unpaired) electrons. The molecule has 5 nitrogen and oxygen atoms in total. The molecule has 0 aliphatic heterocycles. The van der Waals surface area contributed by atoms with Crippen molar-refractivity contribution in [1.29, 1.82) is 0 Å². The van der Waals surface area contributed by atoms with Crippen molar-refractivity contribution in [1.82, 2.24) is 20.1 Å². The Labute approximate surface area is 110 Å². The standard InChI is InChI=1S/C12H13ClN4O/c1-17-8-9(6-16-17)2-5-15-12(18)10-3-4-14-7-11(10)13/h3-4,6-8H,2,5H2,1H3,(H,15,18). The summed E-state index contributed by atoms with van der Waals surface area (Å²) in [5.41, 5.74) is 1.52. The Balaban J connectivity index is 1.87. The van der Waals surface area contributed by atoms with E-state index in [9.17, 15) is 4.79 Å². The molecule has 2 heterocycles. The van der Waals surface area contributed by atoms with Crippen molar-refractivity contribution in [2.45, 2.75) is 6.42 Å². The number of rotatable bonds is 4. The SMILES string of the molecule is Cn1cc(CCNC(=O)c2ccncc2Cl)cn1. The molecule has 0 aromatic carbocycles. The number of nitrogens with zero attached hydrogens (tertiary/aromatic N) is 3. The fourth-order valence-electron chi connectivity index (χ4n) is 1.58. The van der Waals surface area contributed by atoms with Crippen LogP contribution in [0.4, 0.5) is 0 Å². The third kappa shape index (κ3) is 3.07. The van der Waals surface area contributed by atoms with Crippen molar-refractivity contribution in [3.05, 3.63) is 47.0 Å². The molecule has 0 saturated heterocycles. The summed E-state index contributed by atoms with van der Waals surface area (Å²) in [6, 6.07) is 1.60. The van der Waals surface area contributed by atoms with Gasteiger partial charge >= 0.3 is 0 Å². The van der Waals surface area contributed by atoms with E-state index in [4.69, 9.17) is 11.6 Å². The summed E-state index contributed by atoms with van der Waals surface area (Å²) >= 11 is 5.88. The van der Waals surface area contributed by atoms with Gasteiger partial charge in [0.2, 0.25) is 0 Å². The molecule has 1 amide bonds. The minimum absolute atomic E-state index is 0.189. The Hall–Kier alpha value is -1.88. The lowest BCUT2D eigenvalue weighted by Crippen LogP contribution is -2.25. The van der Waals surface area contributed by atoms with Crippen molar-refractivity contribution in [3.8, 4) is 0 Å². The summed E-state index contributed by atoms with van der Waals surface area (Å²) in [5.74, 6) is -0.189. The number of amides is 1. The molecule has 0 bridgehead atoms. The van der Waals surface area contributed by atoms with E-state index in [1.807, 2.05) is 13.2 Å². The highest BCUT2D eigenvalue weighted by Gasteiger charge is 2.09. The number of nitrogens with one attached hydrogen (secondary N) is 1. The normalized spacial score (nSPS) is 10.3. The maximum atomic E-state index is 11.8. The van der Waals surface area contributed by atoms with E-state index in [0.717, 1.165) is 12.0 Å². The Morgan fingerprint density at radius 1 is 1.50 bits per heavy atom. The van der Waals surface area contributed by atoms with Gasteiger partial charge in [0.15, 0.2) is 0 Å². The zero-order valence-electron chi connectivity index (χ0n) is 9.93. The van der Waals surface area contributed by atoms with Gasteiger partial charge in [-0.25, -0.2) is 0 Å². The third-order valence-electron chi connectivity index (χ3n) is 2.47. The number of carbonyl (C=O) groups excluding carboxylic acids is 1. The molecule has 1 N–H and O–H groups in total. The summed E-state index contributed by atoms with van der Waals surface area (Å²) in [7, 11) is 1.86. The molecule has 94 valence electrons. The second-order valence-corrected chi connectivity index (χ2v) is 4.29. The molecule has 0 saturated carbocycles. The Kier molecular flexibility index (Phi) is 3.94. The summed E-state index contributed by atoms with van der Waals surface area (Å²) in [6.45, 7) is 0.545. The first-order chi connectivity index (χ1) is 8.66. The van der Waals surface area contributed by atoms with Crippen LogP contribution in [0.15, 0.2) is 30.9 Å². The predicted molar refractivity (Wildman–Crippen MR) is 68.5 cm³/mol. The van der Waals surface area contributed by atoms with Gasteiger partial charge in [-0.1, -0.05) is 11.6 Å². The van der Waals surface area contributed by atoms with Crippen LogP contribution in [0, 0.1) is 0 Å². The van der Waals surface area contributed by atoms with Gasteiger partial charge < -0.3 is 5.32 Å². The number of pyridine rings is 1. The van der Waals surface area contributed by atoms with Crippen molar-refractivity contribution < 1.29 is 4.79 Å². The first-order valence-electron chi connectivity index (χ1n) is 5.52. The first kappa shape index (κ1) is 12.6. The smallest absolute Gasteiger partial charge is 0.252 e. The lowest BCUT2D eigenvalue weighted by molar-refractivity contribution is 0.0954. The minimum atomic E-state index is -0.189. The van der Waals surface area contributed by atoms with Crippen molar-refractivity contribution in [3.63, 3.8) is 0 Å². The summed E-state index contributed by atoms with van der Waals surface area (Å²) in [5, 5.41) is 7.23. The second-order valence-electron chi connectivity index (χ2n) is 3.88. The van der Waals surface area contributed by atoms with Crippen LogP contribution in [-0.4, -0.2) is 27.2 Å². The van der Waals surface area contributed by atoms with Crippen molar-refractivity contribution in [2.75, 3.05) is 6.54 Å².